The van der Waals surface area contributed by atoms with Gasteiger partial charge in [0.2, 0.25) is 5.91 Å². The number of hydrogen-bond donors (Lipinski definition) is 0. The van der Waals surface area contributed by atoms with Gasteiger partial charge in [-0.2, -0.15) is 0 Å². The van der Waals surface area contributed by atoms with E-state index < -0.39 is 0 Å². The molecule has 2 fully saturated rings. The third-order valence-electron chi connectivity index (χ3n) is 5.51. The third kappa shape index (κ3) is 3.95. The number of aromatic nitrogens is 2. The minimum Gasteiger partial charge on any atom is -0.353 e. The summed E-state index contributed by atoms with van der Waals surface area (Å²) >= 11 is 0. The van der Waals surface area contributed by atoms with Gasteiger partial charge in [-0.15, -0.1) is 0 Å². The number of hydrogen-bond acceptors (Lipinski definition) is 5. The second-order valence-electron chi connectivity index (χ2n) is 7.62. The number of nitrogens with zero attached hydrogens (tertiary/aromatic N) is 5. The van der Waals surface area contributed by atoms with Gasteiger partial charge in [-0.3, -0.25) is 14.7 Å². The first-order chi connectivity index (χ1) is 13.1. The maximum atomic E-state index is 12.4. The van der Waals surface area contributed by atoms with Gasteiger partial charge in [0.25, 0.3) is 0 Å². The number of benzene rings is 1. The lowest BCUT2D eigenvalue weighted by molar-refractivity contribution is -0.117. The summed E-state index contributed by atoms with van der Waals surface area (Å²) in [4.78, 5) is 28.3. The van der Waals surface area contributed by atoms with Gasteiger partial charge in [-0.1, -0.05) is 18.2 Å². The van der Waals surface area contributed by atoms with Crippen LogP contribution in [0.4, 0.5) is 11.5 Å². The fraction of sp³-hybridized carbons (Fsp3) is 0.476. The Morgan fingerprint density at radius 2 is 1.81 bits per heavy atom. The number of piperazine rings is 1. The highest BCUT2D eigenvalue weighted by Crippen LogP contribution is 2.26. The van der Waals surface area contributed by atoms with E-state index in [0.29, 0.717) is 12.3 Å². The molecule has 6 heteroatoms. The van der Waals surface area contributed by atoms with E-state index in [-0.39, 0.29) is 5.91 Å². The molecule has 1 amide bonds. The number of carbonyl (C=O) groups excluding carboxylic acids is 1. The summed E-state index contributed by atoms with van der Waals surface area (Å²) in [5.41, 5.74) is 2.97. The van der Waals surface area contributed by atoms with E-state index in [1.54, 1.807) is 0 Å². The van der Waals surface area contributed by atoms with Crippen LogP contribution < -0.4 is 9.80 Å². The van der Waals surface area contributed by atoms with Gasteiger partial charge in [-0.25, -0.2) is 4.98 Å². The Hall–Kier alpha value is -2.47. The summed E-state index contributed by atoms with van der Waals surface area (Å²) in [7, 11) is 0. The van der Waals surface area contributed by atoms with E-state index in [1.807, 2.05) is 55.3 Å². The molecule has 1 aromatic heterocycles. The van der Waals surface area contributed by atoms with Crippen LogP contribution in [0.25, 0.3) is 0 Å². The number of aryl methyl sites for hydroxylation is 2. The van der Waals surface area contributed by atoms with Gasteiger partial charge in [0.05, 0.1) is 11.4 Å². The van der Waals surface area contributed by atoms with Gasteiger partial charge in [-0.05, 0) is 31.9 Å². The van der Waals surface area contributed by atoms with Crippen LogP contribution in [0.1, 0.15) is 17.8 Å². The van der Waals surface area contributed by atoms with Crippen molar-refractivity contribution in [3.8, 4) is 0 Å². The molecule has 3 heterocycles. The molecule has 0 saturated carbocycles. The highest BCUT2D eigenvalue weighted by atomic mass is 16.2. The fourth-order valence-electron chi connectivity index (χ4n) is 4.09. The van der Waals surface area contributed by atoms with Crippen LogP contribution in [0.15, 0.2) is 36.5 Å². The van der Waals surface area contributed by atoms with Crippen molar-refractivity contribution in [1.82, 2.24) is 14.9 Å². The van der Waals surface area contributed by atoms with E-state index >= 15 is 0 Å². The van der Waals surface area contributed by atoms with Gasteiger partial charge in [0, 0.05) is 57.6 Å². The van der Waals surface area contributed by atoms with Crippen LogP contribution in [0.3, 0.4) is 0 Å². The van der Waals surface area contributed by atoms with E-state index in [2.05, 4.69) is 19.8 Å². The van der Waals surface area contributed by atoms with Crippen LogP contribution in [0.5, 0.6) is 0 Å². The predicted molar refractivity (Wildman–Crippen MR) is 107 cm³/mol. The summed E-state index contributed by atoms with van der Waals surface area (Å²) in [6.45, 7) is 9.76. The molecule has 4 rings (SSSR count). The van der Waals surface area contributed by atoms with E-state index in [1.165, 1.54) is 0 Å². The highest BCUT2D eigenvalue weighted by Gasteiger charge is 2.32. The molecule has 27 heavy (non-hydrogen) atoms. The second kappa shape index (κ2) is 7.64. The fourth-order valence-corrected chi connectivity index (χ4v) is 4.09. The first-order valence-corrected chi connectivity index (χ1v) is 9.73. The Morgan fingerprint density at radius 1 is 1.07 bits per heavy atom. The van der Waals surface area contributed by atoms with Crippen LogP contribution in [-0.2, 0) is 4.79 Å². The molecular formula is C21H27N5O. The molecule has 0 spiro atoms. The number of rotatable bonds is 4. The molecular weight excluding hydrogens is 338 g/mol. The van der Waals surface area contributed by atoms with Crippen LogP contribution >= 0.6 is 0 Å². The molecule has 1 unspecified atom stereocenters. The van der Waals surface area contributed by atoms with Crippen molar-refractivity contribution in [3.63, 3.8) is 0 Å². The summed E-state index contributed by atoms with van der Waals surface area (Å²) in [6.07, 6.45) is 2.47. The summed E-state index contributed by atoms with van der Waals surface area (Å²) < 4.78 is 0. The lowest BCUT2D eigenvalue weighted by Crippen LogP contribution is -2.48. The Bertz CT molecular complexity index is 801. The molecule has 0 bridgehead atoms. The lowest BCUT2D eigenvalue weighted by atomic mass is 10.1. The number of amides is 1. The number of para-hydroxylation sites is 1. The Morgan fingerprint density at radius 3 is 2.56 bits per heavy atom. The average molecular weight is 365 g/mol. The second-order valence-corrected chi connectivity index (χ2v) is 7.62. The van der Waals surface area contributed by atoms with E-state index in [0.717, 1.165) is 62.2 Å². The highest BCUT2D eigenvalue weighted by molar-refractivity contribution is 5.95. The van der Waals surface area contributed by atoms with Gasteiger partial charge in [0.15, 0.2) is 0 Å². The van der Waals surface area contributed by atoms with Crippen molar-refractivity contribution in [3.05, 3.63) is 47.9 Å². The van der Waals surface area contributed by atoms with Gasteiger partial charge < -0.3 is 9.80 Å². The first kappa shape index (κ1) is 17.9. The van der Waals surface area contributed by atoms with Crippen LogP contribution in [-0.4, -0.2) is 60.0 Å². The van der Waals surface area contributed by atoms with Crippen molar-refractivity contribution in [2.45, 2.75) is 20.3 Å². The molecule has 0 radical (unpaired) electrons. The Balaban J connectivity index is 1.32. The molecule has 6 nitrogen and oxygen atoms in total. The summed E-state index contributed by atoms with van der Waals surface area (Å²) in [6, 6.07) is 10.0. The maximum absolute atomic E-state index is 12.4. The Kier molecular flexibility index (Phi) is 5.07. The zero-order chi connectivity index (χ0) is 18.8. The van der Waals surface area contributed by atoms with Gasteiger partial charge >= 0.3 is 0 Å². The molecule has 2 aromatic rings. The van der Waals surface area contributed by atoms with Gasteiger partial charge in [0.1, 0.15) is 5.82 Å². The van der Waals surface area contributed by atoms with Crippen molar-refractivity contribution in [2.75, 3.05) is 49.1 Å². The molecule has 0 N–H and O–H groups in total. The first-order valence-electron chi connectivity index (χ1n) is 9.73. The molecule has 2 saturated heterocycles. The predicted octanol–water partition coefficient (Wildman–Crippen LogP) is 2.27. The van der Waals surface area contributed by atoms with Crippen LogP contribution in [0, 0.1) is 19.8 Å². The van der Waals surface area contributed by atoms with Crippen molar-refractivity contribution in [1.29, 1.82) is 0 Å². The lowest BCUT2D eigenvalue weighted by Gasteiger charge is -2.36. The minimum absolute atomic E-state index is 0.246. The SMILES string of the molecule is Cc1cnc(C)c(N2CCN(CC3CC(=O)N(c4ccccc4)C3)CC2)n1. The summed E-state index contributed by atoms with van der Waals surface area (Å²) in [5.74, 6) is 1.67. The minimum atomic E-state index is 0.246. The zero-order valence-corrected chi connectivity index (χ0v) is 16.1. The quantitative estimate of drug-likeness (QED) is 0.832. The Labute approximate surface area is 160 Å². The van der Waals surface area contributed by atoms with Crippen molar-refractivity contribution >= 4 is 17.4 Å². The van der Waals surface area contributed by atoms with E-state index in [4.69, 9.17) is 0 Å². The van der Waals surface area contributed by atoms with Crippen molar-refractivity contribution < 1.29 is 4.79 Å². The summed E-state index contributed by atoms with van der Waals surface area (Å²) in [5, 5.41) is 0. The van der Waals surface area contributed by atoms with Crippen LogP contribution in [0.2, 0.25) is 0 Å². The number of anilines is 2. The normalized spacial score (nSPS) is 21.1. The molecule has 2 aliphatic rings. The zero-order valence-electron chi connectivity index (χ0n) is 16.1. The monoisotopic (exact) mass is 365 g/mol. The third-order valence-corrected chi connectivity index (χ3v) is 5.51. The number of carbonyl (C=O) groups is 1. The van der Waals surface area contributed by atoms with E-state index in [9.17, 15) is 4.79 Å². The smallest absolute Gasteiger partial charge is 0.227 e. The average Bonchev–Trinajstić information content (AvgIpc) is 3.05. The molecule has 2 aliphatic heterocycles. The largest absolute Gasteiger partial charge is 0.353 e. The molecule has 1 atom stereocenters. The molecule has 1 aromatic carbocycles. The topological polar surface area (TPSA) is 52.6 Å². The molecule has 142 valence electrons. The maximum Gasteiger partial charge on any atom is 0.227 e. The van der Waals surface area contributed by atoms with Crippen molar-refractivity contribution in [2.24, 2.45) is 5.92 Å². The molecule has 0 aliphatic carbocycles. The standard InChI is InChI=1S/C21H27N5O/c1-16-13-22-17(2)21(23-16)25-10-8-24(9-11-25)14-18-12-20(27)26(15-18)19-6-4-3-5-7-19/h3-7,13,18H,8-12,14-15H2,1-2H3.